The highest BCUT2D eigenvalue weighted by atomic mass is 32.1. The van der Waals surface area contributed by atoms with Gasteiger partial charge in [0.25, 0.3) is 0 Å². The maximum Gasteiger partial charge on any atom is 0.417 e. The largest absolute Gasteiger partial charge is 0.481 e. The van der Waals surface area contributed by atoms with E-state index in [1.807, 2.05) is 0 Å². The van der Waals surface area contributed by atoms with Crippen molar-refractivity contribution in [3.05, 3.63) is 39.7 Å². The van der Waals surface area contributed by atoms with Gasteiger partial charge >= 0.3 is 12.1 Å². The van der Waals surface area contributed by atoms with Gasteiger partial charge in [-0.2, -0.15) is 13.2 Å². The molecule has 2 aromatic rings. The highest BCUT2D eigenvalue weighted by Crippen LogP contribution is 2.41. The molecule has 1 N–H and O–H groups in total. The summed E-state index contributed by atoms with van der Waals surface area (Å²) in [7, 11) is 0. The van der Waals surface area contributed by atoms with Crippen molar-refractivity contribution in [2.45, 2.75) is 32.4 Å². The topological polar surface area (TPSA) is 50.2 Å². The van der Waals surface area contributed by atoms with Crippen LogP contribution in [0.1, 0.15) is 34.7 Å². The predicted octanol–water partition coefficient (Wildman–Crippen LogP) is 4.72. The number of alkyl halides is 3. The van der Waals surface area contributed by atoms with E-state index in [2.05, 4.69) is 4.98 Å². The molecule has 1 aromatic heterocycles. The van der Waals surface area contributed by atoms with E-state index in [0.29, 0.717) is 9.88 Å². The lowest BCUT2D eigenvalue weighted by Crippen LogP contribution is -2.08. The second-order valence-electron chi connectivity index (χ2n) is 4.99. The normalized spacial score (nSPS) is 13.1. The number of aromatic nitrogens is 1. The molecule has 0 saturated carbocycles. The molecule has 0 aliphatic heterocycles. The van der Waals surface area contributed by atoms with E-state index in [1.165, 1.54) is 29.5 Å². The first-order valence-corrected chi connectivity index (χ1v) is 7.37. The number of halogens is 3. The van der Waals surface area contributed by atoms with Crippen LogP contribution in [0, 0.1) is 6.92 Å². The molecule has 1 heterocycles. The van der Waals surface area contributed by atoms with Crippen LogP contribution >= 0.6 is 11.3 Å². The van der Waals surface area contributed by atoms with E-state index in [9.17, 15) is 18.0 Å². The Balaban J connectivity index is 2.57. The lowest BCUT2D eigenvalue weighted by molar-refractivity contribution is -0.138. The smallest absolute Gasteiger partial charge is 0.417 e. The quantitative estimate of drug-likeness (QED) is 0.883. The molecule has 0 amide bonds. The minimum Gasteiger partial charge on any atom is -0.481 e. The molecule has 0 aliphatic rings. The number of carboxylic acid groups (broad SMARTS) is 1. The molecular formula is C15H14F3NO2S. The number of aryl methyl sites for hydroxylation is 1. The molecule has 22 heavy (non-hydrogen) atoms. The monoisotopic (exact) mass is 329 g/mol. The van der Waals surface area contributed by atoms with Crippen molar-refractivity contribution < 1.29 is 23.1 Å². The van der Waals surface area contributed by atoms with Crippen molar-refractivity contribution in [3.63, 3.8) is 0 Å². The molecule has 0 bridgehead atoms. The van der Waals surface area contributed by atoms with Crippen LogP contribution in [0.15, 0.2) is 24.3 Å². The Hall–Kier alpha value is -1.89. The maximum atomic E-state index is 13.2. The number of hydrogen-bond donors (Lipinski definition) is 1. The Labute approximate surface area is 129 Å². The molecule has 1 atom stereocenters. The van der Waals surface area contributed by atoms with Gasteiger partial charge in [0.2, 0.25) is 0 Å². The van der Waals surface area contributed by atoms with E-state index < -0.39 is 23.6 Å². The third kappa shape index (κ3) is 3.47. The Morgan fingerprint density at radius 2 is 2.00 bits per heavy atom. The van der Waals surface area contributed by atoms with Crippen LogP contribution in [-0.2, 0) is 11.0 Å². The van der Waals surface area contributed by atoms with Crippen LogP contribution in [0.25, 0.3) is 11.3 Å². The van der Waals surface area contributed by atoms with E-state index in [4.69, 9.17) is 5.11 Å². The van der Waals surface area contributed by atoms with E-state index in [-0.39, 0.29) is 17.7 Å². The summed E-state index contributed by atoms with van der Waals surface area (Å²) in [6.45, 7) is 3.38. The molecule has 1 unspecified atom stereocenters. The fraction of sp³-hybridized carbons (Fsp3) is 0.333. The van der Waals surface area contributed by atoms with Crippen molar-refractivity contribution in [2.24, 2.45) is 0 Å². The first kappa shape index (κ1) is 16.5. The average Bonchev–Trinajstić information content (AvgIpc) is 2.79. The second kappa shape index (κ2) is 6.08. The van der Waals surface area contributed by atoms with Gasteiger partial charge in [-0.05, 0) is 13.0 Å². The fourth-order valence-corrected chi connectivity index (χ4v) is 3.25. The van der Waals surface area contributed by atoms with Crippen LogP contribution in [0.3, 0.4) is 0 Å². The minimum atomic E-state index is -4.48. The number of carbonyl (C=O) groups is 1. The van der Waals surface area contributed by atoms with Gasteiger partial charge in [0.1, 0.15) is 0 Å². The van der Waals surface area contributed by atoms with Crippen LogP contribution in [0.4, 0.5) is 13.2 Å². The molecule has 1 aromatic carbocycles. The number of nitrogens with zero attached hydrogens (tertiary/aromatic N) is 1. The molecular weight excluding hydrogens is 315 g/mol. The summed E-state index contributed by atoms with van der Waals surface area (Å²) in [5.74, 6) is -1.39. The molecule has 0 radical (unpaired) electrons. The minimum absolute atomic E-state index is 0.00779. The zero-order chi connectivity index (χ0) is 16.5. The van der Waals surface area contributed by atoms with Crippen LogP contribution in [0.5, 0.6) is 0 Å². The van der Waals surface area contributed by atoms with Gasteiger partial charge in [-0.15, -0.1) is 11.3 Å². The van der Waals surface area contributed by atoms with Gasteiger partial charge in [-0.1, -0.05) is 25.1 Å². The lowest BCUT2D eigenvalue weighted by Gasteiger charge is -2.14. The summed E-state index contributed by atoms with van der Waals surface area (Å²) in [5.41, 5.74) is -0.542. The van der Waals surface area contributed by atoms with Crippen LogP contribution < -0.4 is 0 Å². The number of carboxylic acids is 1. The summed E-state index contributed by atoms with van der Waals surface area (Å²) < 4.78 is 39.5. The Kier molecular flexibility index (Phi) is 4.55. The number of rotatable bonds is 4. The van der Waals surface area contributed by atoms with Gasteiger partial charge in [0.15, 0.2) is 0 Å². The Bertz CT molecular complexity index is 694. The van der Waals surface area contributed by atoms with Crippen molar-refractivity contribution >= 4 is 17.3 Å². The number of benzene rings is 1. The molecule has 3 nitrogen and oxygen atoms in total. The standard InChI is InChI=1S/C15H14F3NO2S/c1-8(7-12(20)21)14-13(19-9(2)22-14)10-5-3-4-6-11(10)15(16,17)18/h3-6,8H,7H2,1-2H3,(H,20,21). The van der Waals surface area contributed by atoms with Gasteiger partial charge < -0.3 is 5.11 Å². The summed E-state index contributed by atoms with van der Waals surface area (Å²) >= 11 is 1.24. The third-order valence-electron chi connectivity index (χ3n) is 3.18. The SMILES string of the molecule is Cc1nc(-c2ccccc2C(F)(F)F)c(C(C)CC(=O)O)s1. The fourth-order valence-electron chi connectivity index (χ4n) is 2.26. The van der Waals surface area contributed by atoms with Crippen molar-refractivity contribution in [1.29, 1.82) is 0 Å². The molecule has 0 aliphatic carbocycles. The number of hydrogen-bond acceptors (Lipinski definition) is 3. The summed E-state index contributed by atoms with van der Waals surface area (Å²) in [6, 6.07) is 5.22. The maximum absolute atomic E-state index is 13.2. The van der Waals surface area contributed by atoms with Crippen LogP contribution in [-0.4, -0.2) is 16.1 Å². The Morgan fingerprint density at radius 1 is 1.36 bits per heavy atom. The second-order valence-corrected chi connectivity index (χ2v) is 6.22. The number of aliphatic carboxylic acids is 1. The Morgan fingerprint density at radius 3 is 2.59 bits per heavy atom. The first-order valence-electron chi connectivity index (χ1n) is 6.56. The number of thiazole rings is 1. The van der Waals surface area contributed by atoms with Crippen molar-refractivity contribution in [3.8, 4) is 11.3 Å². The molecule has 0 fully saturated rings. The summed E-state index contributed by atoms with van der Waals surface area (Å²) in [6.07, 6.45) is -4.63. The molecule has 118 valence electrons. The van der Waals surface area contributed by atoms with E-state index >= 15 is 0 Å². The van der Waals surface area contributed by atoms with E-state index in [0.717, 1.165) is 6.07 Å². The molecule has 0 saturated heterocycles. The zero-order valence-electron chi connectivity index (χ0n) is 11.9. The van der Waals surface area contributed by atoms with Crippen molar-refractivity contribution in [2.75, 3.05) is 0 Å². The summed E-state index contributed by atoms with van der Waals surface area (Å²) in [5, 5.41) is 9.51. The average molecular weight is 329 g/mol. The third-order valence-corrected chi connectivity index (χ3v) is 4.38. The lowest BCUT2D eigenvalue weighted by atomic mass is 9.98. The molecule has 7 heteroatoms. The molecule has 2 rings (SSSR count). The summed E-state index contributed by atoms with van der Waals surface area (Å²) in [4.78, 5) is 15.6. The first-order chi connectivity index (χ1) is 10.2. The molecule has 0 spiro atoms. The van der Waals surface area contributed by atoms with Crippen molar-refractivity contribution in [1.82, 2.24) is 4.98 Å². The van der Waals surface area contributed by atoms with E-state index in [1.54, 1.807) is 13.8 Å². The van der Waals surface area contributed by atoms with Gasteiger partial charge in [-0.3, -0.25) is 4.79 Å². The zero-order valence-corrected chi connectivity index (χ0v) is 12.8. The highest BCUT2D eigenvalue weighted by molar-refractivity contribution is 7.12. The highest BCUT2D eigenvalue weighted by Gasteiger charge is 2.35. The van der Waals surface area contributed by atoms with Gasteiger partial charge in [0.05, 0.1) is 22.7 Å². The van der Waals surface area contributed by atoms with Gasteiger partial charge in [-0.25, -0.2) is 4.98 Å². The predicted molar refractivity (Wildman–Crippen MR) is 78.0 cm³/mol. The van der Waals surface area contributed by atoms with Gasteiger partial charge in [0, 0.05) is 16.4 Å². The van der Waals surface area contributed by atoms with Crippen LogP contribution in [0.2, 0.25) is 0 Å².